The molecule has 104 valence electrons. The Morgan fingerprint density at radius 1 is 1.58 bits per heavy atom. The van der Waals surface area contributed by atoms with Gasteiger partial charge < -0.3 is 10.0 Å². The van der Waals surface area contributed by atoms with Gasteiger partial charge in [0.25, 0.3) is 5.69 Å². The summed E-state index contributed by atoms with van der Waals surface area (Å²) in [4.78, 5) is 12.2. The van der Waals surface area contributed by atoms with E-state index in [-0.39, 0.29) is 20.9 Å². The highest BCUT2D eigenvalue weighted by atomic mass is 127. The Balaban J connectivity index is 2.38. The second-order valence-corrected chi connectivity index (χ2v) is 5.95. The first-order valence-corrected chi connectivity index (χ1v) is 7.04. The lowest BCUT2D eigenvalue weighted by molar-refractivity contribution is -0.384. The van der Waals surface area contributed by atoms with Crippen LogP contribution in [-0.4, -0.2) is 29.2 Å². The van der Waals surface area contributed by atoms with Crippen molar-refractivity contribution >= 4 is 34.0 Å². The summed E-state index contributed by atoms with van der Waals surface area (Å²) in [5.41, 5.74) is 0.126. The fraction of sp³-hybridized carbons (Fsp3) is 0.500. The van der Waals surface area contributed by atoms with Crippen LogP contribution < -0.4 is 4.90 Å². The molecule has 1 aromatic carbocycles. The van der Waals surface area contributed by atoms with Crippen LogP contribution in [0.1, 0.15) is 13.3 Å². The minimum atomic E-state index is -0.546. The number of hydrogen-bond donors (Lipinski definition) is 1. The maximum Gasteiger partial charge on any atom is 0.293 e. The van der Waals surface area contributed by atoms with Crippen LogP contribution in [0.2, 0.25) is 0 Å². The number of nitro groups is 1. The van der Waals surface area contributed by atoms with Gasteiger partial charge in [0.15, 0.2) is 0 Å². The highest BCUT2D eigenvalue weighted by molar-refractivity contribution is 14.1. The van der Waals surface area contributed by atoms with E-state index < -0.39 is 16.8 Å². The molecule has 1 N–H and O–H groups in total. The number of aliphatic hydroxyl groups excluding tert-OH is 1. The van der Waals surface area contributed by atoms with Crippen LogP contribution in [0.3, 0.4) is 0 Å². The third-order valence-electron chi connectivity index (χ3n) is 3.47. The SMILES string of the molecule is CC1CCN(c2cc(F)c(I)cc2[N+](=O)[O-])CC1O. The first-order chi connectivity index (χ1) is 8.90. The van der Waals surface area contributed by atoms with E-state index in [0.29, 0.717) is 13.1 Å². The standard InChI is InChI=1S/C12H14FIN2O3/c1-7-2-3-15(6-12(7)17)10-4-8(13)9(14)5-11(10)16(18)19/h4-5,7,12,17H,2-3,6H2,1H3. The lowest BCUT2D eigenvalue weighted by Gasteiger charge is -2.35. The average molecular weight is 380 g/mol. The zero-order valence-corrected chi connectivity index (χ0v) is 12.5. The summed E-state index contributed by atoms with van der Waals surface area (Å²) in [6.45, 7) is 2.81. The van der Waals surface area contributed by atoms with Crippen molar-refractivity contribution in [3.63, 3.8) is 0 Å². The fourth-order valence-electron chi connectivity index (χ4n) is 2.19. The fourth-order valence-corrected chi connectivity index (χ4v) is 2.64. The molecule has 2 atom stereocenters. The summed E-state index contributed by atoms with van der Waals surface area (Å²) >= 11 is 1.73. The van der Waals surface area contributed by atoms with Crippen molar-refractivity contribution in [3.8, 4) is 0 Å². The summed E-state index contributed by atoms with van der Waals surface area (Å²) in [5, 5.41) is 20.9. The summed E-state index contributed by atoms with van der Waals surface area (Å²) in [7, 11) is 0. The zero-order valence-electron chi connectivity index (χ0n) is 10.3. The van der Waals surface area contributed by atoms with Gasteiger partial charge in [-0.05, 0) is 34.9 Å². The molecule has 1 aromatic rings. The number of aliphatic hydroxyl groups is 1. The highest BCUT2D eigenvalue weighted by Gasteiger charge is 2.29. The molecule has 0 spiro atoms. The van der Waals surface area contributed by atoms with Gasteiger partial charge in [-0.25, -0.2) is 4.39 Å². The number of nitrogens with zero attached hydrogens (tertiary/aromatic N) is 2. The number of halogens is 2. The van der Waals surface area contributed by atoms with Crippen LogP contribution in [0.25, 0.3) is 0 Å². The van der Waals surface area contributed by atoms with E-state index in [1.54, 1.807) is 27.5 Å². The zero-order chi connectivity index (χ0) is 14.2. The van der Waals surface area contributed by atoms with E-state index in [4.69, 9.17) is 0 Å². The molecule has 0 aliphatic carbocycles. The van der Waals surface area contributed by atoms with E-state index in [0.717, 1.165) is 6.42 Å². The molecule has 2 rings (SSSR count). The Hall–Kier alpha value is -0.960. The molecule has 1 aliphatic heterocycles. The third kappa shape index (κ3) is 2.97. The highest BCUT2D eigenvalue weighted by Crippen LogP contribution is 2.34. The normalized spacial score (nSPS) is 23.5. The Morgan fingerprint density at radius 3 is 2.84 bits per heavy atom. The van der Waals surface area contributed by atoms with Gasteiger partial charge in [0.1, 0.15) is 11.5 Å². The minimum Gasteiger partial charge on any atom is -0.391 e. The Bertz CT molecular complexity index is 512. The second-order valence-electron chi connectivity index (χ2n) is 4.79. The van der Waals surface area contributed by atoms with Crippen molar-refractivity contribution in [1.29, 1.82) is 0 Å². The van der Waals surface area contributed by atoms with Crippen LogP contribution in [0.5, 0.6) is 0 Å². The van der Waals surface area contributed by atoms with E-state index in [2.05, 4.69) is 0 Å². The maximum atomic E-state index is 13.6. The van der Waals surface area contributed by atoms with Gasteiger partial charge in [-0.15, -0.1) is 0 Å². The van der Waals surface area contributed by atoms with Crippen LogP contribution in [0.15, 0.2) is 12.1 Å². The molecular weight excluding hydrogens is 366 g/mol. The van der Waals surface area contributed by atoms with Crippen molar-refractivity contribution in [2.75, 3.05) is 18.0 Å². The van der Waals surface area contributed by atoms with Crippen molar-refractivity contribution < 1.29 is 14.4 Å². The quantitative estimate of drug-likeness (QED) is 0.487. The topological polar surface area (TPSA) is 66.6 Å². The number of nitro benzene ring substituents is 1. The average Bonchev–Trinajstić information content (AvgIpc) is 2.35. The van der Waals surface area contributed by atoms with Crippen LogP contribution >= 0.6 is 22.6 Å². The molecular formula is C12H14FIN2O3. The van der Waals surface area contributed by atoms with Crippen LogP contribution in [-0.2, 0) is 0 Å². The predicted octanol–water partition coefficient (Wildman–Crippen LogP) is 2.55. The van der Waals surface area contributed by atoms with Crippen molar-refractivity contribution in [1.82, 2.24) is 0 Å². The molecule has 2 unspecified atom stereocenters. The Kier molecular flexibility index (Phi) is 4.24. The summed E-state index contributed by atoms with van der Waals surface area (Å²) < 4.78 is 13.9. The monoisotopic (exact) mass is 380 g/mol. The molecule has 1 saturated heterocycles. The van der Waals surface area contributed by atoms with Crippen molar-refractivity contribution in [3.05, 3.63) is 31.6 Å². The largest absolute Gasteiger partial charge is 0.391 e. The third-order valence-corrected chi connectivity index (χ3v) is 4.30. The first kappa shape index (κ1) is 14.4. The summed E-state index contributed by atoms with van der Waals surface area (Å²) in [5.74, 6) is -0.321. The van der Waals surface area contributed by atoms with E-state index in [1.807, 2.05) is 6.92 Å². The van der Waals surface area contributed by atoms with Gasteiger partial charge in [0, 0.05) is 25.2 Å². The lowest BCUT2D eigenvalue weighted by atomic mass is 9.95. The van der Waals surface area contributed by atoms with Crippen molar-refractivity contribution in [2.45, 2.75) is 19.4 Å². The minimum absolute atomic E-state index is 0.118. The molecule has 19 heavy (non-hydrogen) atoms. The van der Waals surface area contributed by atoms with Crippen LogP contribution in [0, 0.1) is 25.4 Å². The summed E-state index contributed by atoms with van der Waals surface area (Å²) in [6, 6.07) is 2.41. The Morgan fingerprint density at radius 2 is 2.26 bits per heavy atom. The van der Waals surface area contributed by atoms with Crippen molar-refractivity contribution in [2.24, 2.45) is 5.92 Å². The van der Waals surface area contributed by atoms with Gasteiger partial charge >= 0.3 is 0 Å². The number of hydrogen-bond acceptors (Lipinski definition) is 4. The maximum absolute atomic E-state index is 13.6. The molecule has 7 heteroatoms. The number of rotatable bonds is 2. The first-order valence-electron chi connectivity index (χ1n) is 5.96. The molecule has 0 amide bonds. The lowest BCUT2D eigenvalue weighted by Crippen LogP contribution is -2.43. The Labute approximate surface area is 123 Å². The molecule has 0 aromatic heterocycles. The number of anilines is 1. The van der Waals surface area contributed by atoms with Gasteiger partial charge in [-0.1, -0.05) is 6.92 Å². The molecule has 5 nitrogen and oxygen atoms in total. The molecule has 1 heterocycles. The van der Waals surface area contributed by atoms with Crippen LogP contribution in [0.4, 0.5) is 15.8 Å². The number of β-amino-alcohol motifs (C(OH)–C–C–N with tert-alkyl or cyclic N) is 1. The predicted molar refractivity (Wildman–Crippen MR) is 77.8 cm³/mol. The molecule has 1 aliphatic rings. The van der Waals surface area contributed by atoms with Gasteiger partial charge in [0.2, 0.25) is 0 Å². The van der Waals surface area contributed by atoms with Gasteiger partial charge in [0.05, 0.1) is 14.6 Å². The number of benzene rings is 1. The smallest absolute Gasteiger partial charge is 0.293 e. The van der Waals surface area contributed by atoms with E-state index >= 15 is 0 Å². The molecule has 0 saturated carbocycles. The molecule has 0 bridgehead atoms. The summed E-state index contributed by atoms with van der Waals surface area (Å²) in [6.07, 6.45) is 0.182. The number of piperidine rings is 1. The molecule has 1 fully saturated rings. The van der Waals surface area contributed by atoms with E-state index in [9.17, 15) is 19.6 Å². The van der Waals surface area contributed by atoms with E-state index in [1.165, 1.54) is 12.1 Å². The molecule has 0 radical (unpaired) electrons. The van der Waals surface area contributed by atoms with Gasteiger partial charge in [-0.2, -0.15) is 0 Å². The second kappa shape index (κ2) is 5.58. The van der Waals surface area contributed by atoms with Gasteiger partial charge in [-0.3, -0.25) is 10.1 Å².